The molecule has 3 aliphatic rings. The highest BCUT2D eigenvalue weighted by molar-refractivity contribution is 5.89. The number of hydrogen-bond donors (Lipinski definition) is 0. The molecule has 2 nitrogen and oxygen atoms in total. The van der Waals surface area contributed by atoms with Gasteiger partial charge in [-0.15, -0.1) is 0 Å². The molecule has 2 atom stereocenters. The third-order valence-corrected chi connectivity index (χ3v) is 3.06. The average molecular weight is 211 g/mol. The summed E-state index contributed by atoms with van der Waals surface area (Å²) in [7, 11) is 1.69. The second-order valence-corrected chi connectivity index (χ2v) is 4.01. The molecular formula is C14H13NO. The van der Waals surface area contributed by atoms with Crippen LogP contribution in [0.3, 0.4) is 0 Å². The van der Waals surface area contributed by atoms with Crippen molar-refractivity contribution in [3.05, 3.63) is 53.6 Å². The fourth-order valence-corrected chi connectivity index (χ4v) is 2.25. The second-order valence-electron chi connectivity index (χ2n) is 4.01. The van der Waals surface area contributed by atoms with Crippen LogP contribution in [0, 0.1) is 0 Å². The Morgan fingerprint density at radius 3 is 2.88 bits per heavy atom. The summed E-state index contributed by atoms with van der Waals surface area (Å²) in [5, 5.41) is 0. The molecule has 0 N–H and O–H groups in total. The van der Waals surface area contributed by atoms with Crippen molar-refractivity contribution in [3.8, 4) is 0 Å². The van der Waals surface area contributed by atoms with Crippen LogP contribution in [-0.4, -0.2) is 19.0 Å². The Hall–Kier alpha value is -1.83. The van der Waals surface area contributed by atoms with Gasteiger partial charge in [-0.25, -0.2) is 4.99 Å². The van der Waals surface area contributed by atoms with E-state index in [4.69, 9.17) is 4.74 Å². The average Bonchev–Trinajstić information content (AvgIpc) is 2.32. The maximum Gasteiger partial charge on any atom is 0.195 e. The zero-order valence-corrected chi connectivity index (χ0v) is 9.13. The first-order valence-corrected chi connectivity index (χ1v) is 5.45. The van der Waals surface area contributed by atoms with E-state index in [1.165, 1.54) is 11.1 Å². The highest BCUT2D eigenvalue weighted by atomic mass is 16.5. The molecule has 2 heteroatoms. The van der Waals surface area contributed by atoms with E-state index in [0.717, 1.165) is 5.90 Å². The molecule has 80 valence electrons. The summed E-state index contributed by atoms with van der Waals surface area (Å²) in [6, 6.07) is 8.51. The molecule has 0 aromatic heterocycles. The molecule has 2 heterocycles. The van der Waals surface area contributed by atoms with Crippen molar-refractivity contribution in [1.82, 2.24) is 0 Å². The van der Waals surface area contributed by atoms with Gasteiger partial charge in [-0.2, -0.15) is 0 Å². The fraction of sp³-hybridized carbons (Fsp3) is 0.214. The lowest BCUT2D eigenvalue weighted by Gasteiger charge is -2.24. The topological polar surface area (TPSA) is 21.6 Å². The highest BCUT2D eigenvalue weighted by Gasteiger charge is 2.24. The number of ether oxygens (including phenoxy) is 1. The van der Waals surface area contributed by atoms with E-state index in [-0.39, 0.29) is 12.0 Å². The van der Waals surface area contributed by atoms with Crippen LogP contribution in [0.2, 0.25) is 0 Å². The number of rotatable bonds is 0. The molecular weight excluding hydrogens is 198 g/mol. The largest absolute Gasteiger partial charge is 0.484 e. The highest BCUT2D eigenvalue weighted by Crippen LogP contribution is 2.30. The maximum atomic E-state index is 5.38. The van der Waals surface area contributed by atoms with E-state index in [0.29, 0.717) is 0 Å². The van der Waals surface area contributed by atoms with Crippen LogP contribution in [0.5, 0.6) is 0 Å². The first kappa shape index (κ1) is 9.40. The molecule has 1 aromatic carbocycles. The molecule has 0 radical (unpaired) electrons. The second kappa shape index (κ2) is 3.63. The van der Waals surface area contributed by atoms with E-state index < -0.39 is 0 Å². The minimum absolute atomic E-state index is 0.125. The van der Waals surface area contributed by atoms with Crippen molar-refractivity contribution in [2.45, 2.75) is 12.0 Å². The van der Waals surface area contributed by atoms with Crippen molar-refractivity contribution >= 4 is 12.0 Å². The fourth-order valence-electron chi connectivity index (χ4n) is 2.25. The van der Waals surface area contributed by atoms with Crippen molar-refractivity contribution in [3.63, 3.8) is 0 Å². The molecule has 1 aliphatic carbocycles. The van der Waals surface area contributed by atoms with Crippen LogP contribution in [0.15, 0.2) is 47.5 Å². The Labute approximate surface area is 95.0 Å². The number of aliphatic imine (C=N–C) groups is 1. The SMILES string of the molecule is COC1=N[C@H]2C=Cc3ccccc3[C@@H]1C=C2. The normalized spacial score (nSPS) is 25.7. The van der Waals surface area contributed by atoms with Gasteiger partial charge in [-0.1, -0.05) is 48.6 Å². The molecule has 0 spiro atoms. The van der Waals surface area contributed by atoms with Crippen LogP contribution in [0.25, 0.3) is 6.08 Å². The van der Waals surface area contributed by atoms with Crippen LogP contribution in [0.1, 0.15) is 17.0 Å². The number of benzene rings is 1. The van der Waals surface area contributed by atoms with E-state index >= 15 is 0 Å². The first-order chi connectivity index (χ1) is 7.88. The van der Waals surface area contributed by atoms with Gasteiger partial charge >= 0.3 is 0 Å². The molecule has 0 saturated heterocycles. The Bertz CT molecular complexity index is 499. The van der Waals surface area contributed by atoms with Gasteiger partial charge in [0.25, 0.3) is 0 Å². The number of dihydropyridines is 1. The van der Waals surface area contributed by atoms with Gasteiger partial charge in [0.05, 0.1) is 19.1 Å². The number of hydrogen-bond acceptors (Lipinski definition) is 2. The van der Waals surface area contributed by atoms with Gasteiger partial charge in [0, 0.05) is 0 Å². The Kier molecular flexibility index (Phi) is 2.13. The molecule has 2 bridgehead atoms. The van der Waals surface area contributed by atoms with Crippen molar-refractivity contribution in [2.24, 2.45) is 4.99 Å². The van der Waals surface area contributed by atoms with Crippen LogP contribution >= 0.6 is 0 Å². The van der Waals surface area contributed by atoms with Gasteiger partial charge in [-0.05, 0) is 11.1 Å². The predicted molar refractivity (Wildman–Crippen MR) is 65.6 cm³/mol. The van der Waals surface area contributed by atoms with Crippen molar-refractivity contribution < 1.29 is 4.74 Å². The standard InChI is InChI=1S/C14H13NO/c1-16-14-13-9-8-11(15-14)7-6-10-4-2-3-5-12(10)13/h2-9,11,13H,1H3/t11-,13-/m0/s1. The molecule has 16 heavy (non-hydrogen) atoms. The molecule has 2 aliphatic heterocycles. The summed E-state index contributed by atoms with van der Waals surface area (Å²) in [4.78, 5) is 4.54. The lowest BCUT2D eigenvalue weighted by Crippen LogP contribution is -2.21. The van der Waals surface area contributed by atoms with E-state index in [9.17, 15) is 0 Å². The zero-order valence-electron chi connectivity index (χ0n) is 9.13. The quantitative estimate of drug-likeness (QED) is 0.605. The number of methoxy groups -OCH3 is 1. The summed E-state index contributed by atoms with van der Waals surface area (Å²) < 4.78 is 5.38. The Balaban J connectivity index is 2.20. The summed E-state index contributed by atoms with van der Waals surface area (Å²) in [6.07, 6.45) is 8.55. The smallest absolute Gasteiger partial charge is 0.195 e. The summed E-state index contributed by atoms with van der Waals surface area (Å²) >= 11 is 0. The van der Waals surface area contributed by atoms with Gasteiger partial charge < -0.3 is 4.74 Å². The third-order valence-electron chi connectivity index (χ3n) is 3.06. The Morgan fingerprint density at radius 2 is 2.00 bits per heavy atom. The summed E-state index contributed by atoms with van der Waals surface area (Å²) in [5.74, 6) is 0.978. The predicted octanol–water partition coefficient (Wildman–Crippen LogP) is 2.78. The van der Waals surface area contributed by atoms with E-state index in [1.54, 1.807) is 7.11 Å². The van der Waals surface area contributed by atoms with Gasteiger partial charge in [0.2, 0.25) is 0 Å². The summed E-state index contributed by atoms with van der Waals surface area (Å²) in [5.41, 5.74) is 2.51. The van der Waals surface area contributed by atoms with E-state index in [1.807, 2.05) is 0 Å². The minimum atomic E-state index is 0.125. The lowest BCUT2D eigenvalue weighted by molar-refractivity contribution is 0.383. The molecule has 0 unspecified atom stereocenters. The minimum Gasteiger partial charge on any atom is -0.484 e. The third kappa shape index (κ3) is 1.38. The first-order valence-electron chi connectivity index (χ1n) is 5.45. The lowest BCUT2D eigenvalue weighted by atomic mass is 9.89. The van der Waals surface area contributed by atoms with Crippen LogP contribution in [0.4, 0.5) is 0 Å². The monoisotopic (exact) mass is 211 g/mol. The molecule has 0 saturated carbocycles. The van der Waals surface area contributed by atoms with Crippen molar-refractivity contribution in [1.29, 1.82) is 0 Å². The van der Waals surface area contributed by atoms with Gasteiger partial charge in [-0.3, -0.25) is 0 Å². The molecule has 0 fully saturated rings. The van der Waals surface area contributed by atoms with Gasteiger partial charge in [0.1, 0.15) is 0 Å². The number of nitrogens with zero attached hydrogens (tertiary/aromatic N) is 1. The summed E-state index contributed by atoms with van der Waals surface area (Å²) in [6.45, 7) is 0. The van der Waals surface area contributed by atoms with Gasteiger partial charge in [0.15, 0.2) is 5.90 Å². The van der Waals surface area contributed by atoms with Crippen molar-refractivity contribution in [2.75, 3.05) is 7.11 Å². The van der Waals surface area contributed by atoms with Crippen LogP contribution in [-0.2, 0) is 4.74 Å². The zero-order chi connectivity index (χ0) is 11.0. The molecule has 0 amide bonds. The van der Waals surface area contributed by atoms with E-state index in [2.05, 4.69) is 53.6 Å². The Morgan fingerprint density at radius 1 is 1.12 bits per heavy atom. The molecule has 1 aromatic rings. The van der Waals surface area contributed by atoms with Crippen LogP contribution < -0.4 is 0 Å². The molecule has 4 rings (SSSR count). The maximum absolute atomic E-state index is 5.38.